The minimum absolute atomic E-state index is 0.290. The molecule has 0 aliphatic carbocycles. The van der Waals surface area contributed by atoms with Crippen molar-refractivity contribution >= 4 is 11.8 Å². The molecule has 1 aliphatic rings. The second-order valence-electron chi connectivity index (χ2n) is 4.68. The summed E-state index contributed by atoms with van der Waals surface area (Å²) in [5, 5.41) is 0. The van der Waals surface area contributed by atoms with E-state index in [1.54, 1.807) is 19.9 Å². The summed E-state index contributed by atoms with van der Waals surface area (Å²) in [7, 11) is 1.27. The van der Waals surface area contributed by atoms with Gasteiger partial charge in [0.15, 0.2) is 11.2 Å². The lowest BCUT2D eigenvalue weighted by Crippen LogP contribution is -2.55. The van der Waals surface area contributed by atoms with Crippen LogP contribution in [0, 0.1) is 5.41 Å². The smallest absolute Gasteiger partial charge is 0.322 e. The van der Waals surface area contributed by atoms with Crippen molar-refractivity contribution in [3.05, 3.63) is 24.8 Å². The zero-order valence-corrected chi connectivity index (χ0v) is 11.2. The zero-order chi connectivity index (χ0) is 13.9. The van der Waals surface area contributed by atoms with Crippen LogP contribution in [0.1, 0.15) is 26.7 Å². The number of allylic oxidation sites excluding steroid dienone is 1. The van der Waals surface area contributed by atoms with E-state index in [1.807, 2.05) is 0 Å². The summed E-state index contributed by atoms with van der Waals surface area (Å²) < 4.78 is 10.5. The molecule has 0 aromatic carbocycles. The SMILES string of the molecule is C=CCC[C@@H]1O[C@H](C)C(=C)C(=O)[C@]1(C)C(=O)OC. The predicted octanol–water partition coefficient (Wildman–Crippen LogP) is 2.04. The molecule has 0 bridgehead atoms. The van der Waals surface area contributed by atoms with Crippen molar-refractivity contribution in [3.8, 4) is 0 Å². The third kappa shape index (κ3) is 2.25. The van der Waals surface area contributed by atoms with E-state index in [4.69, 9.17) is 9.47 Å². The highest BCUT2D eigenvalue weighted by molar-refractivity contribution is 6.13. The van der Waals surface area contributed by atoms with E-state index in [1.165, 1.54) is 7.11 Å². The average Bonchev–Trinajstić information content (AvgIpc) is 2.37. The lowest BCUT2D eigenvalue weighted by atomic mass is 9.72. The van der Waals surface area contributed by atoms with Gasteiger partial charge in [-0.1, -0.05) is 12.7 Å². The molecule has 0 saturated carbocycles. The quantitative estimate of drug-likeness (QED) is 0.332. The number of ether oxygens (including phenoxy) is 2. The molecule has 0 unspecified atom stereocenters. The van der Waals surface area contributed by atoms with Crippen LogP contribution < -0.4 is 0 Å². The summed E-state index contributed by atoms with van der Waals surface area (Å²) in [5.74, 6) is -0.864. The first kappa shape index (κ1) is 14.6. The number of Topliss-reactive ketones (excluding diaryl/α,β-unsaturated/α-hetero) is 1. The summed E-state index contributed by atoms with van der Waals surface area (Å²) in [5.41, 5.74) is -0.987. The number of carbonyl (C=O) groups is 2. The lowest BCUT2D eigenvalue weighted by molar-refractivity contribution is -0.175. The minimum Gasteiger partial charge on any atom is -0.468 e. The summed E-state index contributed by atoms with van der Waals surface area (Å²) in [4.78, 5) is 24.3. The highest BCUT2D eigenvalue weighted by Crippen LogP contribution is 2.39. The highest BCUT2D eigenvalue weighted by atomic mass is 16.5. The fourth-order valence-corrected chi connectivity index (χ4v) is 2.19. The third-order valence-corrected chi connectivity index (χ3v) is 3.51. The van der Waals surface area contributed by atoms with Crippen LogP contribution in [0.15, 0.2) is 24.8 Å². The maximum absolute atomic E-state index is 12.3. The first-order valence-corrected chi connectivity index (χ1v) is 5.98. The van der Waals surface area contributed by atoms with Crippen LogP contribution >= 0.6 is 0 Å². The van der Waals surface area contributed by atoms with Crippen molar-refractivity contribution in [1.29, 1.82) is 0 Å². The molecule has 4 heteroatoms. The Balaban J connectivity index is 3.11. The van der Waals surface area contributed by atoms with Crippen molar-refractivity contribution in [2.24, 2.45) is 5.41 Å². The Morgan fingerprint density at radius 2 is 2.22 bits per heavy atom. The van der Waals surface area contributed by atoms with Crippen molar-refractivity contribution in [3.63, 3.8) is 0 Å². The van der Waals surface area contributed by atoms with Crippen LogP contribution in [0.25, 0.3) is 0 Å². The van der Waals surface area contributed by atoms with Crippen LogP contribution in [0.2, 0.25) is 0 Å². The second kappa shape index (κ2) is 5.48. The van der Waals surface area contributed by atoms with Gasteiger partial charge in [-0.2, -0.15) is 0 Å². The van der Waals surface area contributed by atoms with Gasteiger partial charge >= 0.3 is 5.97 Å². The maximum Gasteiger partial charge on any atom is 0.322 e. The van der Waals surface area contributed by atoms with E-state index >= 15 is 0 Å². The van der Waals surface area contributed by atoms with Gasteiger partial charge in [-0.15, -0.1) is 6.58 Å². The second-order valence-corrected chi connectivity index (χ2v) is 4.68. The van der Waals surface area contributed by atoms with Gasteiger partial charge in [0.2, 0.25) is 0 Å². The van der Waals surface area contributed by atoms with Gasteiger partial charge in [0.05, 0.1) is 19.3 Å². The monoisotopic (exact) mass is 252 g/mol. The van der Waals surface area contributed by atoms with E-state index < -0.39 is 17.5 Å². The molecule has 1 saturated heterocycles. The molecule has 0 spiro atoms. The Bertz CT molecular complexity index is 385. The van der Waals surface area contributed by atoms with Crippen molar-refractivity contribution in [1.82, 2.24) is 0 Å². The molecule has 0 radical (unpaired) electrons. The van der Waals surface area contributed by atoms with Crippen molar-refractivity contribution in [2.75, 3.05) is 7.11 Å². The fraction of sp³-hybridized carbons (Fsp3) is 0.571. The number of esters is 1. The Labute approximate surface area is 108 Å². The zero-order valence-electron chi connectivity index (χ0n) is 11.2. The highest BCUT2D eigenvalue weighted by Gasteiger charge is 2.54. The van der Waals surface area contributed by atoms with Gasteiger partial charge < -0.3 is 9.47 Å². The van der Waals surface area contributed by atoms with Crippen LogP contribution in [-0.2, 0) is 19.1 Å². The topological polar surface area (TPSA) is 52.6 Å². The van der Waals surface area contributed by atoms with Gasteiger partial charge in [0.25, 0.3) is 0 Å². The summed E-state index contributed by atoms with van der Waals surface area (Å²) in [6, 6.07) is 0. The Kier molecular flexibility index (Phi) is 4.46. The molecule has 3 atom stereocenters. The minimum atomic E-state index is -1.30. The predicted molar refractivity (Wildman–Crippen MR) is 68.0 cm³/mol. The number of rotatable bonds is 4. The third-order valence-electron chi connectivity index (χ3n) is 3.51. The molecule has 0 N–H and O–H groups in total. The van der Waals surface area contributed by atoms with E-state index in [9.17, 15) is 9.59 Å². The van der Waals surface area contributed by atoms with Crippen molar-refractivity contribution < 1.29 is 19.1 Å². The van der Waals surface area contributed by atoms with E-state index in [0.29, 0.717) is 18.4 Å². The summed E-state index contributed by atoms with van der Waals surface area (Å²) in [6.07, 6.45) is 2.09. The molecule has 100 valence electrons. The van der Waals surface area contributed by atoms with Crippen LogP contribution in [-0.4, -0.2) is 31.1 Å². The number of ketones is 1. The molecule has 4 nitrogen and oxygen atoms in total. The largest absolute Gasteiger partial charge is 0.468 e. The van der Waals surface area contributed by atoms with E-state index in [0.717, 1.165) is 0 Å². The first-order valence-electron chi connectivity index (χ1n) is 5.98. The van der Waals surface area contributed by atoms with Crippen LogP contribution in [0.5, 0.6) is 0 Å². The normalized spacial score (nSPS) is 32.2. The Morgan fingerprint density at radius 3 is 2.72 bits per heavy atom. The number of methoxy groups -OCH3 is 1. The molecular weight excluding hydrogens is 232 g/mol. The molecule has 18 heavy (non-hydrogen) atoms. The number of hydrogen-bond acceptors (Lipinski definition) is 4. The first-order chi connectivity index (χ1) is 8.39. The molecular formula is C14H20O4. The Morgan fingerprint density at radius 1 is 1.61 bits per heavy atom. The average molecular weight is 252 g/mol. The molecule has 0 amide bonds. The van der Waals surface area contributed by atoms with Gasteiger partial charge in [0, 0.05) is 5.57 Å². The van der Waals surface area contributed by atoms with Crippen LogP contribution in [0.3, 0.4) is 0 Å². The number of hydrogen-bond donors (Lipinski definition) is 0. The summed E-state index contributed by atoms with van der Waals surface area (Å²) in [6.45, 7) is 10.7. The molecule has 1 heterocycles. The Hall–Kier alpha value is -1.42. The lowest BCUT2D eigenvalue weighted by Gasteiger charge is -2.41. The molecule has 1 fully saturated rings. The van der Waals surface area contributed by atoms with Crippen molar-refractivity contribution in [2.45, 2.75) is 38.9 Å². The number of carbonyl (C=O) groups excluding carboxylic acids is 2. The van der Waals surface area contributed by atoms with E-state index in [-0.39, 0.29) is 11.9 Å². The summed E-state index contributed by atoms with van der Waals surface area (Å²) >= 11 is 0. The van der Waals surface area contributed by atoms with Gasteiger partial charge in [-0.05, 0) is 26.7 Å². The molecule has 0 aromatic heterocycles. The fourth-order valence-electron chi connectivity index (χ4n) is 2.19. The van der Waals surface area contributed by atoms with Gasteiger partial charge in [-0.25, -0.2) is 0 Å². The molecule has 1 aliphatic heterocycles. The van der Waals surface area contributed by atoms with Gasteiger partial charge in [0.1, 0.15) is 0 Å². The van der Waals surface area contributed by atoms with E-state index in [2.05, 4.69) is 13.2 Å². The van der Waals surface area contributed by atoms with Gasteiger partial charge in [-0.3, -0.25) is 9.59 Å². The molecule has 0 aromatic rings. The standard InChI is InChI=1S/C14H20O4/c1-6-7-8-11-14(4,13(16)17-5)12(15)9(2)10(3)18-11/h6,10-11H,1-2,7-8H2,3-5H3/t10-,11+,14-/m1/s1. The molecule has 1 rings (SSSR count). The van der Waals surface area contributed by atoms with Crippen LogP contribution in [0.4, 0.5) is 0 Å². The maximum atomic E-state index is 12.3.